The van der Waals surface area contributed by atoms with Crippen LogP contribution in [0.15, 0.2) is 12.1 Å². The van der Waals surface area contributed by atoms with Crippen molar-refractivity contribution in [3.05, 3.63) is 17.7 Å². The van der Waals surface area contributed by atoms with Crippen LogP contribution in [0, 0.1) is 0 Å². The molecule has 1 aromatic rings. The number of phenols is 3. The zero-order valence-electron chi connectivity index (χ0n) is 9.18. The van der Waals surface area contributed by atoms with Gasteiger partial charge in [-0.2, -0.15) is 0 Å². The monoisotopic (exact) mass is 238 g/mol. The highest BCUT2D eigenvalue weighted by atomic mass is 16.4. The molecule has 1 fully saturated rings. The molecule has 4 N–H and O–H groups in total. The molecule has 0 unspecified atom stereocenters. The predicted molar refractivity (Wildman–Crippen MR) is 59.2 cm³/mol. The quantitative estimate of drug-likeness (QED) is 0.628. The van der Waals surface area contributed by atoms with E-state index in [-0.39, 0.29) is 22.8 Å². The molecule has 0 aliphatic heterocycles. The molecule has 0 heterocycles. The molecule has 92 valence electrons. The Hall–Kier alpha value is -1.91. The van der Waals surface area contributed by atoms with Crippen molar-refractivity contribution in [2.75, 3.05) is 0 Å². The van der Waals surface area contributed by atoms with Crippen LogP contribution < -0.4 is 0 Å². The Labute approximate surface area is 98.0 Å². The zero-order valence-corrected chi connectivity index (χ0v) is 9.18. The van der Waals surface area contributed by atoms with E-state index in [0.717, 1.165) is 25.0 Å². The smallest absolute Gasteiger partial charge is 0.314 e. The Morgan fingerprint density at radius 3 is 1.94 bits per heavy atom. The molecule has 1 aliphatic carbocycles. The summed E-state index contributed by atoms with van der Waals surface area (Å²) in [5, 5.41) is 38.1. The van der Waals surface area contributed by atoms with Crippen LogP contribution in [0.3, 0.4) is 0 Å². The van der Waals surface area contributed by atoms with Crippen LogP contribution in [0.5, 0.6) is 17.2 Å². The lowest BCUT2D eigenvalue weighted by molar-refractivity contribution is -0.143. The van der Waals surface area contributed by atoms with Gasteiger partial charge >= 0.3 is 5.97 Å². The average molecular weight is 238 g/mol. The van der Waals surface area contributed by atoms with E-state index >= 15 is 0 Å². The SMILES string of the molecule is O=C(O)C1(c2c(O)cc(O)cc2O)CCCC1. The number of hydrogen-bond acceptors (Lipinski definition) is 4. The number of phenolic OH excluding ortho intramolecular Hbond substituents is 3. The summed E-state index contributed by atoms with van der Waals surface area (Å²) in [4.78, 5) is 11.4. The van der Waals surface area contributed by atoms with Crippen LogP contribution in [-0.4, -0.2) is 26.4 Å². The van der Waals surface area contributed by atoms with Crippen molar-refractivity contribution in [1.82, 2.24) is 0 Å². The second kappa shape index (κ2) is 3.84. The van der Waals surface area contributed by atoms with Gasteiger partial charge in [0.1, 0.15) is 17.2 Å². The maximum Gasteiger partial charge on any atom is 0.314 e. The molecule has 5 heteroatoms. The van der Waals surface area contributed by atoms with E-state index in [9.17, 15) is 25.2 Å². The van der Waals surface area contributed by atoms with Gasteiger partial charge in [-0.25, -0.2) is 0 Å². The summed E-state index contributed by atoms with van der Waals surface area (Å²) < 4.78 is 0. The lowest BCUT2D eigenvalue weighted by Crippen LogP contribution is -2.32. The summed E-state index contributed by atoms with van der Waals surface area (Å²) in [7, 11) is 0. The molecule has 5 nitrogen and oxygen atoms in total. The summed E-state index contributed by atoms with van der Waals surface area (Å²) in [5.74, 6) is -2.08. The number of aromatic hydroxyl groups is 3. The van der Waals surface area contributed by atoms with Gasteiger partial charge < -0.3 is 20.4 Å². The van der Waals surface area contributed by atoms with E-state index in [4.69, 9.17) is 0 Å². The van der Waals surface area contributed by atoms with Crippen LogP contribution in [0.2, 0.25) is 0 Å². The molecule has 0 spiro atoms. The fourth-order valence-corrected chi connectivity index (χ4v) is 2.64. The molecular weight excluding hydrogens is 224 g/mol. The van der Waals surface area contributed by atoms with E-state index in [1.165, 1.54) is 0 Å². The predicted octanol–water partition coefficient (Wildman–Crippen LogP) is 1.70. The topological polar surface area (TPSA) is 98.0 Å². The highest BCUT2D eigenvalue weighted by Gasteiger charge is 2.46. The molecule has 1 aliphatic rings. The van der Waals surface area contributed by atoms with Gasteiger partial charge in [-0.15, -0.1) is 0 Å². The van der Waals surface area contributed by atoms with Crippen molar-refractivity contribution in [2.24, 2.45) is 0 Å². The highest BCUT2D eigenvalue weighted by Crippen LogP contribution is 2.49. The lowest BCUT2D eigenvalue weighted by atomic mass is 9.78. The summed E-state index contributed by atoms with van der Waals surface area (Å²) in [5.41, 5.74) is -1.22. The molecule has 2 rings (SSSR count). The summed E-state index contributed by atoms with van der Waals surface area (Å²) in [6, 6.07) is 2.11. The zero-order chi connectivity index (χ0) is 12.6. The third-order valence-electron chi connectivity index (χ3n) is 3.43. The van der Waals surface area contributed by atoms with Gasteiger partial charge in [0, 0.05) is 12.1 Å². The highest BCUT2D eigenvalue weighted by molar-refractivity contribution is 5.84. The Bertz CT molecular complexity index is 437. The van der Waals surface area contributed by atoms with E-state index in [1.54, 1.807) is 0 Å². The van der Waals surface area contributed by atoms with Gasteiger partial charge in [0.25, 0.3) is 0 Å². The van der Waals surface area contributed by atoms with Gasteiger partial charge in [0.2, 0.25) is 0 Å². The van der Waals surface area contributed by atoms with Crippen molar-refractivity contribution in [2.45, 2.75) is 31.1 Å². The Balaban J connectivity index is 2.62. The van der Waals surface area contributed by atoms with Gasteiger partial charge in [-0.05, 0) is 12.8 Å². The molecule has 0 aromatic heterocycles. The third kappa shape index (κ3) is 1.67. The normalized spacial score (nSPS) is 18.1. The van der Waals surface area contributed by atoms with Gasteiger partial charge in [0.15, 0.2) is 0 Å². The first-order chi connectivity index (χ1) is 7.97. The number of aliphatic carboxylic acids is 1. The van der Waals surface area contributed by atoms with Gasteiger partial charge in [-0.1, -0.05) is 12.8 Å². The lowest BCUT2D eigenvalue weighted by Gasteiger charge is -2.26. The van der Waals surface area contributed by atoms with E-state index in [0.29, 0.717) is 12.8 Å². The molecule has 1 saturated carbocycles. The summed E-state index contributed by atoms with van der Waals surface area (Å²) in [6.07, 6.45) is 2.25. The molecule has 17 heavy (non-hydrogen) atoms. The summed E-state index contributed by atoms with van der Waals surface area (Å²) in [6.45, 7) is 0. The molecule has 0 bridgehead atoms. The number of carboxylic acids is 1. The molecule has 0 amide bonds. The number of hydrogen-bond donors (Lipinski definition) is 4. The molecule has 0 radical (unpaired) electrons. The number of carbonyl (C=O) groups is 1. The number of benzene rings is 1. The van der Waals surface area contributed by atoms with Crippen molar-refractivity contribution >= 4 is 5.97 Å². The van der Waals surface area contributed by atoms with E-state index in [2.05, 4.69) is 0 Å². The molecule has 0 atom stereocenters. The summed E-state index contributed by atoms with van der Waals surface area (Å²) >= 11 is 0. The minimum Gasteiger partial charge on any atom is -0.508 e. The van der Waals surface area contributed by atoms with Crippen molar-refractivity contribution in [3.63, 3.8) is 0 Å². The standard InChI is InChI=1S/C12H14O5/c13-7-5-8(14)10(9(15)6-7)12(11(16)17)3-1-2-4-12/h5-6,13-15H,1-4H2,(H,16,17). The number of carboxylic acid groups (broad SMARTS) is 1. The van der Waals surface area contributed by atoms with Crippen LogP contribution >= 0.6 is 0 Å². The van der Waals surface area contributed by atoms with Gasteiger partial charge in [0.05, 0.1) is 11.0 Å². The molecule has 0 saturated heterocycles. The molecular formula is C12H14O5. The maximum atomic E-state index is 11.4. The first-order valence-electron chi connectivity index (χ1n) is 5.46. The van der Waals surface area contributed by atoms with Crippen molar-refractivity contribution < 1.29 is 25.2 Å². The first kappa shape index (κ1) is 11.6. The first-order valence-corrected chi connectivity index (χ1v) is 5.46. The largest absolute Gasteiger partial charge is 0.508 e. The van der Waals surface area contributed by atoms with Gasteiger partial charge in [-0.3, -0.25) is 4.79 Å². The third-order valence-corrected chi connectivity index (χ3v) is 3.43. The minimum atomic E-state index is -1.23. The second-order valence-corrected chi connectivity index (χ2v) is 4.45. The van der Waals surface area contributed by atoms with E-state index < -0.39 is 11.4 Å². The van der Waals surface area contributed by atoms with Crippen molar-refractivity contribution in [1.29, 1.82) is 0 Å². The van der Waals surface area contributed by atoms with Crippen molar-refractivity contribution in [3.8, 4) is 17.2 Å². The fraction of sp³-hybridized carbons (Fsp3) is 0.417. The number of rotatable bonds is 2. The average Bonchev–Trinajstić information content (AvgIpc) is 2.66. The Kier molecular flexibility index (Phi) is 2.61. The maximum absolute atomic E-state index is 11.4. The Morgan fingerprint density at radius 1 is 1.06 bits per heavy atom. The minimum absolute atomic E-state index is 0.0142. The van der Waals surface area contributed by atoms with Crippen LogP contribution in [0.4, 0.5) is 0 Å². The fourth-order valence-electron chi connectivity index (χ4n) is 2.64. The molecule has 1 aromatic carbocycles. The van der Waals surface area contributed by atoms with E-state index in [1.807, 2.05) is 0 Å². The second-order valence-electron chi connectivity index (χ2n) is 4.45. The van der Waals surface area contributed by atoms with Crippen LogP contribution in [0.1, 0.15) is 31.2 Å². The Morgan fingerprint density at radius 2 is 1.53 bits per heavy atom. The van der Waals surface area contributed by atoms with Crippen LogP contribution in [0.25, 0.3) is 0 Å². The van der Waals surface area contributed by atoms with Crippen LogP contribution in [-0.2, 0) is 10.2 Å².